The van der Waals surface area contributed by atoms with E-state index in [-0.39, 0.29) is 22.5 Å². The third-order valence-corrected chi connectivity index (χ3v) is 13.3. The van der Waals surface area contributed by atoms with E-state index in [1.54, 1.807) is 6.20 Å². The maximum Gasteiger partial charge on any atom is 0.256 e. The smallest absolute Gasteiger partial charge is 0.256 e. The second kappa shape index (κ2) is 10.6. The molecule has 41 heavy (non-hydrogen) atoms. The molecule has 1 saturated heterocycles. The van der Waals surface area contributed by atoms with E-state index < -0.39 is 8.32 Å². The van der Waals surface area contributed by atoms with E-state index in [9.17, 15) is 10.1 Å². The summed E-state index contributed by atoms with van der Waals surface area (Å²) >= 11 is 0. The van der Waals surface area contributed by atoms with Crippen molar-refractivity contribution in [2.75, 3.05) is 30.3 Å². The van der Waals surface area contributed by atoms with Crippen molar-refractivity contribution >= 4 is 31.5 Å². The van der Waals surface area contributed by atoms with E-state index in [1.165, 1.54) is 0 Å². The van der Waals surface area contributed by atoms with Crippen LogP contribution in [-0.4, -0.2) is 54.8 Å². The Labute approximate surface area is 244 Å². The number of rotatable bonds is 6. The van der Waals surface area contributed by atoms with Crippen LogP contribution in [0.2, 0.25) is 18.1 Å². The second-order valence-corrected chi connectivity index (χ2v) is 18.0. The van der Waals surface area contributed by atoms with Gasteiger partial charge in [-0.1, -0.05) is 46.8 Å². The number of anilines is 3. The van der Waals surface area contributed by atoms with Gasteiger partial charge in [0.2, 0.25) is 5.95 Å². The summed E-state index contributed by atoms with van der Waals surface area (Å²) in [6.07, 6.45) is 2.60. The minimum atomic E-state index is -1.92. The van der Waals surface area contributed by atoms with Gasteiger partial charge >= 0.3 is 0 Å². The van der Waals surface area contributed by atoms with Gasteiger partial charge in [0.15, 0.2) is 8.32 Å². The van der Waals surface area contributed by atoms with Crippen LogP contribution >= 0.6 is 0 Å². The molecule has 9 heteroatoms. The lowest BCUT2D eigenvalue weighted by Crippen LogP contribution is -2.44. The standard InChI is InChI=1S/C32H40N6O2Si/c1-31(2,3)41(6,7)40-23-13-15-38(19-23)29(39)24-10-8-9-11-27(24)37-30-34-14-12-26(36-30)21-16-22(18-33)28-25(17-21)32(4,5)20-35-28/h8-12,14,16-17,23,35H,13,15,19-20H2,1-7H3,(H,34,36,37). The molecule has 1 aromatic heterocycles. The topological polar surface area (TPSA) is 103 Å². The Balaban J connectivity index is 1.36. The molecule has 1 amide bonds. The van der Waals surface area contributed by atoms with Crippen molar-refractivity contribution in [3.8, 4) is 17.3 Å². The summed E-state index contributed by atoms with van der Waals surface area (Å²) < 4.78 is 6.60. The minimum Gasteiger partial charge on any atom is -0.412 e. The number of aromatic nitrogens is 2. The van der Waals surface area contributed by atoms with Gasteiger partial charge in [0.1, 0.15) is 6.07 Å². The molecule has 2 N–H and O–H groups in total. The van der Waals surface area contributed by atoms with Crippen molar-refractivity contribution in [1.82, 2.24) is 14.9 Å². The van der Waals surface area contributed by atoms with Crippen LogP contribution in [0.25, 0.3) is 11.3 Å². The highest BCUT2D eigenvalue weighted by Gasteiger charge is 2.41. The summed E-state index contributed by atoms with van der Waals surface area (Å²) in [6, 6.07) is 15.6. The lowest BCUT2D eigenvalue weighted by molar-refractivity contribution is 0.0769. The monoisotopic (exact) mass is 568 g/mol. The largest absolute Gasteiger partial charge is 0.412 e. The highest BCUT2D eigenvalue weighted by atomic mass is 28.4. The first-order valence-corrected chi connectivity index (χ1v) is 17.2. The molecule has 1 atom stereocenters. The summed E-state index contributed by atoms with van der Waals surface area (Å²) in [5.41, 5.74) is 5.32. The number of carbonyl (C=O) groups is 1. The molecule has 0 aliphatic carbocycles. The van der Waals surface area contributed by atoms with Gasteiger partial charge in [-0.05, 0) is 60.4 Å². The molecule has 0 bridgehead atoms. The van der Waals surface area contributed by atoms with Crippen LogP contribution < -0.4 is 10.6 Å². The zero-order valence-corrected chi connectivity index (χ0v) is 26.1. The molecule has 1 unspecified atom stereocenters. The summed E-state index contributed by atoms with van der Waals surface area (Å²) in [5.74, 6) is 0.359. The van der Waals surface area contributed by atoms with E-state index >= 15 is 0 Å². The maximum atomic E-state index is 13.7. The number of nitrogens with zero attached hydrogens (tertiary/aromatic N) is 4. The first kappa shape index (κ1) is 28.8. The Kier molecular flexibility index (Phi) is 7.43. The molecule has 5 rings (SSSR count). The molecule has 8 nitrogen and oxygen atoms in total. The van der Waals surface area contributed by atoms with E-state index in [2.05, 4.69) is 75.5 Å². The van der Waals surface area contributed by atoms with Gasteiger partial charge < -0.3 is 20.0 Å². The number of hydrogen-bond donors (Lipinski definition) is 2. The van der Waals surface area contributed by atoms with Crippen LogP contribution in [0.4, 0.5) is 17.3 Å². The lowest BCUT2D eigenvalue weighted by atomic mass is 9.85. The van der Waals surface area contributed by atoms with Crippen LogP contribution in [0.3, 0.4) is 0 Å². The molecule has 2 aromatic carbocycles. The molecular formula is C32H40N6O2Si. The van der Waals surface area contributed by atoms with Gasteiger partial charge in [0.05, 0.1) is 34.3 Å². The fourth-order valence-electron chi connectivity index (χ4n) is 5.26. The van der Waals surface area contributed by atoms with E-state index in [1.807, 2.05) is 41.3 Å². The average molecular weight is 569 g/mol. The number of hydrogen-bond acceptors (Lipinski definition) is 7. The number of nitriles is 1. The Morgan fingerprint density at radius 2 is 1.98 bits per heavy atom. The van der Waals surface area contributed by atoms with Crippen LogP contribution in [-0.2, 0) is 9.84 Å². The molecule has 3 heterocycles. The first-order chi connectivity index (χ1) is 19.3. The van der Waals surface area contributed by atoms with Gasteiger partial charge in [-0.15, -0.1) is 0 Å². The quantitative estimate of drug-likeness (QED) is 0.319. The van der Waals surface area contributed by atoms with Crippen molar-refractivity contribution in [3.63, 3.8) is 0 Å². The lowest BCUT2D eigenvalue weighted by Gasteiger charge is -2.38. The van der Waals surface area contributed by atoms with Crippen LogP contribution in [0.15, 0.2) is 48.7 Å². The van der Waals surface area contributed by atoms with Gasteiger partial charge in [0, 0.05) is 36.8 Å². The average Bonchev–Trinajstić information content (AvgIpc) is 3.51. The van der Waals surface area contributed by atoms with Crippen molar-refractivity contribution < 1.29 is 9.22 Å². The van der Waals surface area contributed by atoms with Gasteiger partial charge in [-0.2, -0.15) is 5.26 Å². The summed E-state index contributed by atoms with van der Waals surface area (Å²) in [5, 5.41) is 16.6. The van der Waals surface area contributed by atoms with E-state index in [0.29, 0.717) is 41.5 Å². The highest BCUT2D eigenvalue weighted by molar-refractivity contribution is 6.74. The minimum absolute atomic E-state index is 0.0300. The predicted molar refractivity (Wildman–Crippen MR) is 166 cm³/mol. The number of fused-ring (bicyclic) bond motifs is 1. The summed E-state index contributed by atoms with van der Waals surface area (Å²) in [7, 11) is -1.92. The molecule has 3 aromatic rings. The number of amides is 1. The first-order valence-electron chi connectivity index (χ1n) is 14.3. The Morgan fingerprint density at radius 1 is 1.22 bits per heavy atom. The van der Waals surface area contributed by atoms with Gasteiger partial charge in [-0.25, -0.2) is 9.97 Å². The van der Waals surface area contributed by atoms with Gasteiger partial charge in [0.25, 0.3) is 5.91 Å². The number of likely N-dealkylation sites (tertiary alicyclic amines) is 1. The van der Waals surface area contributed by atoms with E-state index in [4.69, 9.17) is 9.41 Å². The second-order valence-electron chi connectivity index (χ2n) is 13.3. The predicted octanol–water partition coefficient (Wildman–Crippen LogP) is 6.70. The molecular weight excluding hydrogens is 528 g/mol. The number of benzene rings is 2. The Bertz CT molecular complexity index is 1520. The van der Waals surface area contributed by atoms with Crippen LogP contribution in [0, 0.1) is 11.3 Å². The molecule has 0 spiro atoms. The van der Waals surface area contributed by atoms with E-state index in [0.717, 1.165) is 29.8 Å². The van der Waals surface area contributed by atoms with Crippen molar-refractivity contribution in [3.05, 3.63) is 65.4 Å². The fraction of sp³-hybridized carbons (Fsp3) is 0.438. The molecule has 2 aliphatic rings. The Morgan fingerprint density at radius 3 is 2.71 bits per heavy atom. The highest BCUT2D eigenvalue weighted by Crippen LogP contribution is 2.41. The number of para-hydroxylation sites is 1. The zero-order valence-electron chi connectivity index (χ0n) is 25.1. The van der Waals surface area contributed by atoms with Crippen molar-refractivity contribution in [2.24, 2.45) is 0 Å². The van der Waals surface area contributed by atoms with Crippen LogP contribution in [0.1, 0.15) is 62.5 Å². The molecule has 214 valence electrons. The molecule has 1 fully saturated rings. The fourth-order valence-corrected chi connectivity index (χ4v) is 6.64. The summed E-state index contributed by atoms with van der Waals surface area (Å²) in [6.45, 7) is 17.6. The van der Waals surface area contributed by atoms with Crippen LogP contribution in [0.5, 0.6) is 0 Å². The van der Waals surface area contributed by atoms with Gasteiger partial charge in [-0.3, -0.25) is 4.79 Å². The maximum absolute atomic E-state index is 13.7. The third kappa shape index (κ3) is 5.72. The molecule has 0 saturated carbocycles. The molecule has 2 aliphatic heterocycles. The summed E-state index contributed by atoms with van der Waals surface area (Å²) in [4.78, 5) is 24.8. The third-order valence-electron chi connectivity index (χ3n) is 8.75. The zero-order chi connectivity index (χ0) is 29.6. The molecule has 0 radical (unpaired) electrons. The Hall–Kier alpha value is -3.74. The SMILES string of the molecule is CC1(C)CNc2c(C#N)cc(-c3ccnc(Nc4ccccc4C(=O)N4CCC(O[Si](C)(C)C(C)(C)C)C4)n3)cc21. The number of nitrogens with one attached hydrogen (secondary N) is 2. The van der Waals surface area contributed by atoms with Crippen molar-refractivity contribution in [1.29, 1.82) is 5.26 Å². The normalized spacial score (nSPS) is 18.0. The number of carbonyl (C=O) groups excluding carboxylic acids is 1. The van der Waals surface area contributed by atoms with Crippen molar-refractivity contribution in [2.45, 2.75) is 70.7 Å².